The predicted molar refractivity (Wildman–Crippen MR) is 82.7 cm³/mol. The average molecular weight is 314 g/mol. The Kier molecular flexibility index (Phi) is 4.14. The molecule has 1 aliphatic heterocycles. The summed E-state index contributed by atoms with van der Waals surface area (Å²) in [6, 6.07) is 9.38. The Bertz CT molecular complexity index is 720. The smallest absolute Gasteiger partial charge is 0.311 e. The lowest BCUT2D eigenvalue weighted by atomic mass is 10.1. The molecule has 6 heteroatoms. The van der Waals surface area contributed by atoms with E-state index in [-0.39, 0.29) is 24.9 Å². The number of benzene rings is 1. The predicted octanol–water partition coefficient (Wildman–Crippen LogP) is 2.39. The molecule has 1 amide bonds. The lowest BCUT2D eigenvalue weighted by molar-refractivity contribution is -0.150. The highest BCUT2D eigenvalue weighted by Gasteiger charge is 2.36. The van der Waals surface area contributed by atoms with Crippen molar-refractivity contribution in [2.45, 2.75) is 26.9 Å². The van der Waals surface area contributed by atoms with Gasteiger partial charge >= 0.3 is 5.97 Å². The fraction of sp³-hybridized carbons (Fsp3) is 0.353. The average Bonchev–Trinajstić information content (AvgIpc) is 3.12. The van der Waals surface area contributed by atoms with Crippen LogP contribution in [-0.2, 0) is 20.9 Å². The second-order valence-electron chi connectivity index (χ2n) is 5.78. The maximum Gasteiger partial charge on any atom is 0.311 e. The maximum absolute atomic E-state index is 12.1. The molecular weight excluding hydrogens is 296 g/mol. The Morgan fingerprint density at radius 3 is 2.74 bits per heavy atom. The molecule has 1 saturated heterocycles. The van der Waals surface area contributed by atoms with Crippen LogP contribution >= 0.6 is 0 Å². The minimum absolute atomic E-state index is 0.0366. The molecule has 3 rings (SSSR count). The van der Waals surface area contributed by atoms with Crippen LogP contribution in [0.4, 0.5) is 5.69 Å². The summed E-state index contributed by atoms with van der Waals surface area (Å²) in [6.07, 6.45) is 0.169. The van der Waals surface area contributed by atoms with Crippen molar-refractivity contribution in [3.05, 3.63) is 47.3 Å². The van der Waals surface area contributed by atoms with E-state index in [1.165, 1.54) is 0 Å². The van der Waals surface area contributed by atoms with Crippen LogP contribution in [0.2, 0.25) is 0 Å². The third kappa shape index (κ3) is 3.41. The van der Waals surface area contributed by atoms with Gasteiger partial charge in [-0.3, -0.25) is 9.59 Å². The molecule has 0 N–H and O–H groups in total. The van der Waals surface area contributed by atoms with Crippen molar-refractivity contribution in [1.82, 2.24) is 5.16 Å². The summed E-state index contributed by atoms with van der Waals surface area (Å²) in [6.45, 7) is 4.16. The number of carbonyl (C=O) groups excluding carboxylic acids is 2. The number of ether oxygens (including phenoxy) is 1. The SMILES string of the molecule is Cc1ccc(N2C[C@H](C(=O)OCc3cc(C)no3)CC2=O)cc1. The van der Waals surface area contributed by atoms with Crippen LogP contribution in [-0.4, -0.2) is 23.6 Å². The highest BCUT2D eigenvalue weighted by molar-refractivity contribution is 5.99. The third-order valence-electron chi connectivity index (χ3n) is 3.84. The molecule has 1 aromatic heterocycles. The molecule has 2 aromatic rings. The van der Waals surface area contributed by atoms with Gasteiger partial charge in [-0.15, -0.1) is 0 Å². The van der Waals surface area contributed by atoms with Crippen molar-refractivity contribution < 1.29 is 18.8 Å². The number of carbonyl (C=O) groups is 2. The summed E-state index contributed by atoms with van der Waals surface area (Å²) in [5, 5.41) is 3.73. The van der Waals surface area contributed by atoms with E-state index in [1.54, 1.807) is 17.9 Å². The van der Waals surface area contributed by atoms with Gasteiger partial charge in [0, 0.05) is 24.7 Å². The second-order valence-corrected chi connectivity index (χ2v) is 5.78. The molecule has 1 fully saturated rings. The second kappa shape index (κ2) is 6.24. The monoisotopic (exact) mass is 314 g/mol. The molecule has 23 heavy (non-hydrogen) atoms. The molecule has 1 aromatic carbocycles. The van der Waals surface area contributed by atoms with Gasteiger partial charge in [0.2, 0.25) is 5.91 Å². The van der Waals surface area contributed by atoms with Crippen molar-refractivity contribution >= 4 is 17.6 Å². The van der Waals surface area contributed by atoms with E-state index in [1.807, 2.05) is 31.2 Å². The highest BCUT2D eigenvalue weighted by atomic mass is 16.5. The van der Waals surface area contributed by atoms with Gasteiger partial charge in [0.15, 0.2) is 12.4 Å². The summed E-state index contributed by atoms with van der Waals surface area (Å²) < 4.78 is 10.2. The number of anilines is 1. The van der Waals surface area contributed by atoms with E-state index in [0.29, 0.717) is 12.3 Å². The topological polar surface area (TPSA) is 72.6 Å². The van der Waals surface area contributed by atoms with Gasteiger partial charge in [0.1, 0.15) is 0 Å². The Morgan fingerprint density at radius 1 is 1.35 bits per heavy atom. The Morgan fingerprint density at radius 2 is 2.09 bits per heavy atom. The highest BCUT2D eigenvalue weighted by Crippen LogP contribution is 2.26. The normalized spacial score (nSPS) is 17.6. The van der Waals surface area contributed by atoms with Crippen LogP contribution in [0, 0.1) is 19.8 Å². The molecule has 0 spiro atoms. The number of amides is 1. The molecule has 0 unspecified atom stereocenters. The zero-order valence-corrected chi connectivity index (χ0v) is 13.1. The van der Waals surface area contributed by atoms with E-state index in [0.717, 1.165) is 16.9 Å². The molecule has 6 nitrogen and oxygen atoms in total. The number of aromatic nitrogens is 1. The van der Waals surface area contributed by atoms with Crippen LogP contribution in [0.5, 0.6) is 0 Å². The van der Waals surface area contributed by atoms with Crippen molar-refractivity contribution in [3.8, 4) is 0 Å². The van der Waals surface area contributed by atoms with E-state index >= 15 is 0 Å². The lowest BCUT2D eigenvalue weighted by Crippen LogP contribution is -2.26. The molecule has 120 valence electrons. The fourth-order valence-corrected chi connectivity index (χ4v) is 2.58. The number of rotatable bonds is 4. The van der Waals surface area contributed by atoms with Crippen LogP contribution in [0.15, 0.2) is 34.9 Å². The first kappa shape index (κ1) is 15.3. The van der Waals surface area contributed by atoms with Crippen molar-refractivity contribution in [3.63, 3.8) is 0 Å². The first-order valence-electron chi connectivity index (χ1n) is 7.49. The zero-order valence-electron chi connectivity index (χ0n) is 13.1. The number of aryl methyl sites for hydroxylation is 2. The number of nitrogens with zero attached hydrogens (tertiary/aromatic N) is 2. The molecule has 1 aliphatic rings. The summed E-state index contributed by atoms with van der Waals surface area (Å²) in [5.74, 6) is -0.406. The van der Waals surface area contributed by atoms with Crippen LogP contribution < -0.4 is 4.90 Å². The van der Waals surface area contributed by atoms with E-state index < -0.39 is 5.92 Å². The van der Waals surface area contributed by atoms with Crippen molar-refractivity contribution in [1.29, 1.82) is 0 Å². The molecular formula is C17H18N2O4. The summed E-state index contributed by atoms with van der Waals surface area (Å²) >= 11 is 0. The van der Waals surface area contributed by atoms with E-state index in [2.05, 4.69) is 5.16 Å². The van der Waals surface area contributed by atoms with Crippen molar-refractivity contribution in [2.24, 2.45) is 5.92 Å². The quantitative estimate of drug-likeness (QED) is 0.810. The van der Waals surface area contributed by atoms with Gasteiger partial charge in [-0.1, -0.05) is 22.9 Å². The van der Waals surface area contributed by atoms with Crippen LogP contribution in [0.1, 0.15) is 23.4 Å². The third-order valence-corrected chi connectivity index (χ3v) is 3.84. The van der Waals surface area contributed by atoms with Gasteiger partial charge < -0.3 is 14.2 Å². The summed E-state index contributed by atoms with van der Waals surface area (Å²) in [7, 11) is 0. The molecule has 0 bridgehead atoms. The maximum atomic E-state index is 12.1. The van der Waals surface area contributed by atoms with Gasteiger partial charge in [-0.2, -0.15) is 0 Å². The summed E-state index contributed by atoms with van der Waals surface area (Å²) in [4.78, 5) is 25.9. The standard InChI is InChI=1S/C17H18N2O4/c1-11-3-5-14(6-4-11)19-9-13(8-16(19)20)17(21)22-10-15-7-12(2)18-23-15/h3-7,13H,8-10H2,1-2H3/t13-/m1/s1. The van der Waals surface area contributed by atoms with Crippen LogP contribution in [0.25, 0.3) is 0 Å². The molecule has 0 aliphatic carbocycles. The number of hydrogen-bond acceptors (Lipinski definition) is 5. The molecule has 2 heterocycles. The lowest BCUT2D eigenvalue weighted by Gasteiger charge is -2.16. The molecule has 1 atom stereocenters. The largest absolute Gasteiger partial charge is 0.457 e. The minimum Gasteiger partial charge on any atom is -0.457 e. The van der Waals surface area contributed by atoms with E-state index in [4.69, 9.17) is 9.26 Å². The summed E-state index contributed by atoms with van der Waals surface area (Å²) in [5.41, 5.74) is 2.66. The Balaban J connectivity index is 1.60. The minimum atomic E-state index is -0.451. The van der Waals surface area contributed by atoms with Gasteiger partial charge in [0.05, 0.1) is 11.6 Å². The number of hydrogen-bond donors (Lipinski definition) is 0. The van der Waals surface area contributed by atoms with Gasteiger partial charge in [-0.05, 0) is 26.0 Å². The first-order valence-corrected chi connectivity index (χ1v) is 7.49. The van der Waals surface area contributed by atoms with Crippen molar-refractivity contribution in [2.75, 3.05) is 11.4 Å². The van der Waals surface area contributed by atoms with E-state index in [9.17, 15) is 9.59 Å². The van der Waals surface area contributed by atoms with Gasteiger partial charge in [-0.25, -0.2) is 0 Å². The van der Waals surface area contributed by atoms with Crippen LogP contribution in [0.3, 0.4) is 0 Å². The Labute approximate surface area is 134 Å². The molecule has 0 radical (unpaired) electrons. The fourth-order valence-electron chi connectivity index (χ4n) is 2.58. The first-order chi connectivity index (χ1) is 11.0. The Hall–Kier alpha value is -2.63. The zero-order chi connectivity index (χ0) is 16.4. The number of esters is 1. The molecule has 0 saturated carbocycles. The van der Waals surface area contributed by atoms with Gasteiger partial charge in [0.25, 0.3) is 0 Å².